The molecule has 1 heterocycles. The first-order valence-corrected chi connectivity index (χ1v) is 6.16. The van der Waals surface area contributed by atoms with Crippen LogP contribution in [-0.2, 0) is 14.3 Å². The van der Waals surface area contributed by atoms with E-state index in [4.69, 9.17) is 4.74 Å². The van der Waals surface area contributed by atoms with Crippen LogP contribution in [-0.4, -0.2) is 31.1 Å². The predicted octanol–water partition coefficient (Wildman–Crippen LogP) is 2.52. The zero-order valence-corrected chi connectivity index (χ0v) is 10.3. The highest BCUT2D eigenvalue weighted by Gasteiger charge is 1.94. The van der Waals surface area contributed by atoms with E-state index in [0.717, 1.165) is 31.4 Å². The first-order chi connectivity index (χ1) is 6.77. The molecule has 0 atom stereocenters. The van der Waals surface area contributed by atoms with E-state index in [1.165, 1.54) is 19.8 Å². The molecule has 1 saturated heterocycles. The molecule has 0 radical (unpaired) electrons. The lowest BCUT2D eigenvalue weighted by molar-refractivity contribution is -0.141. The van der Waals surface area contributed by atoms with Crippen LogP contribution in [0, 0.1) is 0 Å². The standard InChI is InChI=1S/C6H11BrO2.C4H8O/c1-6(8)9-5-3-2-4-7;1-2-4-5-3-1/h2-5H2,1H3;1-4H2. The SMILES string of the molecule is C1CCOC1.CC(=O)OCCCCBr. The number of esters is 1. The summed E-state index contributed by atoms with van der Waals surface area (Å²) in [4.78, 5) is 10.2. The Morgan fingerprint density at radius 3 is 2.36 bits per heavy atom. The van der Waals surface area contributed by atoms with Gasteiger partial charge in [0.25, 0.3) is 0 Å². The van der Waals surface area contributed by atoms with Crippen LogP contribution in [0.15, 0.2) is 0 Å². The zero-order chi connectivity index (χ0) is 10.6. The van der Waals surface area contributed by atoms with E-state index in [9.17, 15) is 4.79 Å². The maximum Gasteiger partial charge on any atom is 0.302 e. The van der Waals surface area contributed by atoms with Crippen molar-refractivity contribution in [2.24, 2.45) is 0 Å². The molecule has 0 aromatic carbocycles. The maximum absolute atomic E-state index is 10.2. The highest BCUT2D eigenvalue weighted by atomic mass is 79.9. The topological polar surface area (TPSA) is 35.5 Å². The number of halogens is 1. The van der Waals surface area contributed by atoms with Crippen LogP contribution in [0.4, 0.5) is 0 Å². The second kappa shape index (κ2) is 11.0. The van der Waals surface area contributed by atoms with Crippen molar-refractivity contribution in [2.75, 3.05) is 25.2 Å². The Balaban J connectivity index is 0.000000280. The highest BCUT2D eigenvalue weighted by molar-refractivity contribution is 9.09. The van der Waals surface area contributed by atoms with E-state index in [1.807, 2.05) is 0 Å². The molecule has 0 spiro atoms. The Kier molecular flexibility index (Phi) is 10.9. The summed E-state index contributed by atoms with van der Waals surface area (Å²) < 4.78 is 9.63. The minimum Gasteiger partial charge on any atom is -0.466 e. The lowest BCUT2D eigenvalue weighted by Crippen LogP contribution is -2.00. The first-order valence-electron chi connectivity index (χ1n) is 5.04. The fraction of sp³-hybridized carbons (Fsp3) is 0.900. The summed E-state index contributed by atoms with van der Waals surface area (Å²) >= 11 is 3.28. The van der Waals surface area contributed by atoms with Crippen molar-refractivity contribution in [1.29, 1.82) is 0 Å². The summed E-state index contributed by atoms with van der Waals surface area (Å²) in [6.07, 6.45) is 4.57. The number of rotatable bonds is 4. The van der Waals surface area contributed by atoms with Crippen molar-refractivity contribution in [1.82, 2.24) is 0 Å². The van der Waals surface area contributed by atoms with Gasteiger partial charge < -0.3 is 9.47 Å². The molecule has 4 heteroatoms. The van der Waals surface area contributed by atoms with Crippen molar-refractivity contribution >= 4 is 21.9 Å². The van der Waals surface area contributed by atoms with Crippen LogP contribution in [0.5, 0.6) is 0 Å². The van der Waals surface area contributed by atoms with Gasteiger partial charge in [-0.3, -0.25) is 4.79 Å². The summed E-state index contributed by atoms with van der Waals surface area (Å²) in [7, 11) is 0. The van der Waals surface area contributed by atoms with Crippen LogP contribution in [0.3, 0.4) is 0 Å². The van der Waals surface area contributed by atoms with Gasteiger partial charge in [-0.1, -0.05) is 15.9 Å². The van der Waals surface area contributed by atoms with Crippen molar-refractivity contribution in [3.63, 3.8) is 0 Å². The van der Waals surface area contributed by atoms with Crippen LogP contribution in [0.1, 0.15) is 32.6 Å². The van der Waals surface area contributed by atoms with Crippen LogP contribution >= 0.6 is 15.9 Å². The van der Waals surface area contributed by atoms with E-state index in [0.29, 0.717) is 6.61 Å². The van der Waals surface area contributed by atoms with Gasteiger partial charge in [0.05, 0.1) is 6.61 Å². The summed E-state index contributed by atoms with van der Waals surface area (Å²) in [6.45, 7) is 3.98. The molecule has 1 rings (SSSR count). The van der Waals surface area contributed by atoms with E-state index < -0.39 is 0 Å². The number of unbranched alkanes of at least 4 members (excludes halogenated alkanes) is 1. The van der Waals surface area contributed by atoms with E-state index in [1.54, 1.807) is 0 Å². The maximum atomic E-state index is 10.2. The number of carbonyl (C=O) groups excluding carboxylic acids is 1. The molecule has 0 saturated carbocycles. The molecular formula is C10H19BrO3. The van der Waals surface area contributed by atoms with Gasteiger partial charge in [-0.15, -0.1) is 0 Å². The summed E-state index contributed by atoms with van der Waals surface area (Å²) in [5, 5.41) is 0.980. The second-order valence-corrected chi connectivity index (χ2v) is 3.85. The third kappa shape index (κ3) is 11.9. The Hall–Kier alpha value is -0.0900. The van der Waals surface area contributed by atoms with Gasteiger partial charge >= 0.3 is 5.97 Å². The average Bonchev–Trinajstić information content (AvgIpc) is 2.70. The summed E-state index contributed by atoms with van der Waals surface area (Å²) in [5.74, 6) is -0.190. The lowest BCUT2D eigenvalue weighted by Gasteiger charge is -1.97. The van der Waals surface area contributed by atoms with Crippen molar-refractivity contribution in [3.05, 3.63) is 0 Å². The second-order valence-electron chi connectivity index (χ2n) is 3.06. The Morgan fingerprint density at radius 2 is 2.00 bits per heavy atom. The van der Waals surface area contributed by atoms with Gasteiger partial charge in [0.2, 0.25) is 0 Å². The highest BCUT2D eigenvalue weighted by Crippen LogP contribution is 1.98. The van der Waals surface area contributed by atoms with Crippen molar-refractivity contribution in [2.45, 2.75) is 32.6 Å². The number of hydrogen-bond acceptors (Lipinski definition) is 3. The third-order valence-corrected chi connectivity index (χ3v) is 2.22. The van der Waals surface area contributed by atoms with E-state index in [2.05, 4.69) is 20.7 Å². The van der Waals surface area contributed by atoms with Gasteiger partial charge in [0.15, 0.2) is 0 Å². The minimum absolute atomic E-state index is 0.190. The van der Waals surface area contributed by atoms with Crippen molar-refractivity contribution < 1.29 is 14.3 Å². The molecule has 0 unspecified atom stereocenters. The number of ether oxygens (including phenoxy) is 2. The van der Waals surface area contributed by atoms with Gasteiger partial charge in [-0.25, -0.2) is 0 Å². The quantitative estimate of drug-likeness (QED) is 0.446. The van der Waals surface area contributed by atoms with Crippen molar-refractivity contribution in [3.8, 4) is 0 Å². The largest absolute Gasteiger partial charge is 0.466 e. The van der Waals surface area contributed by atoms with Gasteiger partial charge in [-0.2, -0.15) is 0 Å². The first kappa shape index (κ1) is 13.9. The molecule has 14 heavy (non-hydrogen) atoms. The molecule has 1 aliphatic heterocycles. The zero-order valence-electron chi connectivity index (χ0n) is 8.76. The smallest absolute Gasteiger partial charge is 0.302 e. The summed E-state index contributed by atoms with van der Waals surface area (Å²) in [6, 6.07) is 0. The Morgan fingerprint density at radius 1 is 1.36 bits per heavy atom. The van der Waals surface area contributed by atoms with Crippen LogP contribution < -0.4 is 0 Å². The van der Waals surface area contributed by atoms with Gasteiger partial charge in [0, 0.05) is 25.5 Å². The number of hydrogen-bond donors (Lipinski definition) is 0. The average molecular weight is 267 g/mol. The van der Waals surface area contributed by atoms with E-state index >= 15 is 0 Å². The normalized spacial score (nSPS) is 14.4. The lowest BCUT2D eigenvalue weighted by atomic mass is 10.4. The number of carbonyl (C=O) groups is 1. The fourth-order valence-corrected chi connectivity index (χ4v) is 1.32. The Labute approximate surface area is 94.3 Å². The molecule has 0 aromatic rings. The van der Waals surface area contributed by atoms with E-state index in [-0.39, 0.29) is 5.97 Å². The molecule has 0 bridgehead atoms. The molecule has 1 fully saturated rings. The molecule has 0 aromatic heterocycles. The molecular weight excluding hydrogens is 248 g/mol. The number of alkyl halides is 1. The predicted molar refractivity (Wildman–Crippen MR) is 59.7 cm³/mol. The van der Waals surface area contributed by atoms with Gasteiger partial charge in [-0.05, 0) is 25.7 Å². The molecule has 3 nitrogen and oxygen atoms in total. The molecule has 1 aliphatic rings. The summed E-state index contributed by atoms with van der Waals surface area (Å²) in [5.41, 5.74) is 0. The van der Waals surface area contributed by atoms with Crippen LogP contribution in [0.25, 0.3) is 0 Å². The molecule has 0 N–H and O–H groups in total. The minimum atomic E-state index is -0.190. The van der Waals surface area contributed by atoms with Crippen LogP contribution in [0.2, 0.25) is 0 Å². The molecule has 0 aliphatic carbocycles. The fourth-order valence-electron chi connectivity index (χ4n) is 0.923. The Bertz CT molecular complexity index is 128. The molecule has 84 valence electrons. The third-order valence-electron chi connectivity index (χ3n) is 1.66. The van der Waals surface area contributed by atoms with Gasteiger partial charge in [0.1, 0.15) is 0 Å². The molecule has 0 amide bonds. The monoisotopic (exact) mass is 266 g/mol.